The number of carbonyl (C=O) groups is 2. The second kappa shape index (κ2) is 6.76. The topological polar surface area (TPSA) is 121 Å². The molecular formula is C15H15NO6S. The molecule has 3 N–H and O–H groups in total. The molecule has 0 aliphatic carbocycles. The maximum absolute atomic E-state index is 11.9. The summed E-state index contributed by atoms with van der Waals surface area (Å²) in [6.07, 6.45) is -0.0971. The number of nitrogens with one attached hydrogen (secondary N) is 1. The second-order valence-corrected chi connectivity index (χ2v) is 6.56. The van der Waals surface area contributed by atoms with Gasteiger partial charge in [-0.15, -0.1) is 0 Å². The van der Waals surface area contributed by atoms with Gasteiger partial charge in [-0.05, 0) is 16.3 Å². The third-order valence-corrected chi connectivity index (χ3v) is 3.94. The van der Waals surface area contributed by atoms with Gasteiger partial charge < -0.3 is 10.4 Å². The molecule has 23 heavy (non-hydrogen) atoms. The van der Waals surface area contributed by atoms with Crippen LogP contribution in [0.5, 0.6) is 0 Å². The molecule has 0 heterocycles. The Hall–Kier alpha value is -2.45. The van der Waals surface area contributed by atoms with Gasteiger partial charge in [-0.25, -0.2) is 4.79 Å². The fraction of sp³-hybridized carbons (Fsp3) is 0.200. The summed E-state index contributed by atoms with van der Waals surface area (Å²) in [6.45, 7) is 0. The molecular weight excluding hydrogens is 322 g/mol. The number of fused-ring (bicyclic) bond motifs is 1. The predicted molar refractivity (Wildman–Crippen MR) is 83.6 cm³/mol. The Morgan fingerprint density at radius 3 is 2.35 bits per heavy atom. The Kier molecular flexibility index (Phi) is 4.97. The lowest BCUT2D eigenvalue weighted by Crippen LogP contribution is -2.45. The summed E-state index contributed by atoms with van der Waals surface area (Å²) in [5.74, 6) is -3.25. The minimum Gasteiger partial charge on any atom is -0.480 e. The number of carboxylic acid groups (broad SMARTS) is 1. The van der Waals surface area contributed by atoms with Crippen molar-refractivity contribution in [2.24, 2.45) is 0 Å². The summed E-state index contributed by atoms with van der Waals surface area (Å²) in [4.78, 5) is 22.8. The van der Waals surface area contributed by atoms with Crippen LogP contribution >= 0.6 is 0 Å². The molecule has 122 valence electrons. The third-order valence-electron chi connectivity index (χ3n) is 3.19. The van der Waals surface area contributed by atoms with Crippen molar-refractivity contribution >= 4 is 32.8 Å². The number of carbonyl (C=O) groups excluding carboxylic acids is 1. The highest BCUT2D eigenvalue weighted by molar-refractivity contribution is 7.85. The van der Waals surface area contributed by atoms with Gasteiger partial charge in [0.1, 0.15) is 11.8 Å². The molecule has 0 aliphatic heterocycles. The molecule has 0 unspecified atom stereocenters. The number of benzene rings is 2. The van der Waals surface area contributed by atoms with Crippen LogP contribution in [0.25, 0.3) is 10.8 Å². The Balaban J connectivity index is 2.08. The Bertz CT molecular complexity index is 846. The van der Waals surface area contributed by atoms with E-state index >= 15 is 0 Å². The van der Waals surface area contributed by atoms with Gasteiger partial charge >= 0.3 is 5.97 Å². The fourth-order valence-electron chi connectivity index (χ4n) is 2.16. The monoisotopic (exact) mass is 337 g/mol. The van der Waals surface area contributed by atoms with Crippen LogP contribution < -0.4 is 5.32 Å². The lowest BCUT2D eigenvalue weighted by molar-refractivity contribution is -0.141. The highest BCUT2D eigenvalue weighted by atomic mass is 32.2. The van der Waals surface area contributed by atoms with Gasteiger partial charge in [-0.1, -0.05) is 42.5 Å². The van der Waals surface area contributed by atoms with Crippen LogP contribution in [-0.2, 0) is 26.1 Å². The molecule has 8 heteroatoms. The minimum absolute atomic E-state index is 0.0971. The lowest BCUT2D eigenvalue weighted by Gasteiger charge is -2.13. The second-order valence-electron chi connectivity index (χ2n) is 5.07. The van der Waals surface area contributed by atoms with Crippen molar-refractivity contribution in [3.63, 3.8) is 0 Å². The summed E-state index contributed by atoms with van der Waals surface area (Å²) in [6, 6.07) is 11.2. The van der Waals surface area contributed by atoms with Gasteiger partial charge in [0, 0.05) is 0 Å². The van der Waals surface area contributed by atoms with Gasteiger partial charge in [0.05, 0.1) is 6.42 Å². The molecule has 2 aromatic rings. The van der Waals surface area contributed by atoms with Gasteiger partial charge in [-0.2, -0.15) is 8.42 Å². The molecule has 0 saturated heterocycles. The number of amides is 1. The van der Waals surface area contributed by atoms with Crippen LogP contribution in [0.3, 0.4) is 0 Å². The Morgan fingerprint density at radius 2 is 1.74 bits per heavy atom. The highest BCUT2D eigenvalue weighted by Gasteiger charge is 2.25. The zero-order valence-corrected chi connectivity index (χ0v) is 12.8. The first-order valence-corrected chi connectivity index (χ1v) is 8.30. The van der Waals surface area contributed by atoms with Crippen molar-refractivity contribution in [1.82, 2.24) is 5.32 Å². The summed E-state index contributed by atoms with van der Waals surface area (Å²) in [5, 5.41) is 12.9. The number of hydrogen-bond donors (Lipinski definition) is 3. The van der Waals surface area contributed by atoms with Gasteiger partial charge in [0.2, 0.25) is 5.91 Å². The first-order valence-electron chi connectivity index (χ1n) is 6.69. The average Bonchev–Trinajstić information content (AvgIpc) is 2.45. The quantitative estimate of drug-likeness (QED) is 0.672. The summed E-state index contributed by atoms with van der Waals surface area (Å²) >= 11 is 0. The van der Waals surface area contributed by atoms with Crippen LogP contribution in [0, 0.1) is 0 Å². The number of aliphatic carboxylic acids is 1. The highest BCUT2D eigenvalue weighted by Crippen LogP contribution is 2.16. The van der Waals surface area contributed by atoms with E-state index in [0.717, 1.165) is 10.8 Å². The first kappa shape index (κ1) is 16.9. The fourth-order valence-corrected chi connectivity index (χ4v) is 2.81. The first-order chi connectivity index (χ1) is 10.7. The third kappa shape index (κ3) is 5.04. The predicted octanol–water partition coefficient (Wildman–Crippen LogP) is 0.840. The van der Waals surface area contributed by atoms with E-state index in [0.29, 0.717) is 5.56 Å². The van der Waals surface area contributed by atoms with E-state index < -0.39 is 33.8 Å². The van der Waals surface area contributed by atoms with Crippen molar-refractivity contribution < 1.29 is 27.7 Å². The van der Waals surface area contributed by atoms with Crippen molar-refractivity contribution in [3.8, 4) is 0 Å². The van der Waals surface area contributed by atoms with Crippen LogP contribution in [0.2, 0.25) is 0 Å². The van der Waals surface area contributed by atoms with E-state index in [1.807, 2.05) is 30.3 Å². The standard InChI is InChI=1S/C15H15NO6S/c17-14(16-13(15(18)19)9-23(20,21)22)8-10-5-6-11-3-1-2-4-12(11)7-10/h1-7,13H,8-9H2,(H,16,17)(H,18,19)(H,20,21,22)/t13-/m0/s1. The molecule has 1 atom stereocenters. The number of hydrogen-bond acceptors (Lipinski definition) is 4. The SMILES string of the molecule is O=C(Cc1ccc2ccccc2c1)N[C@@H](CS(=O)(=O)O)C(=O)O. The smallest absolute Gasteiger partial charge is 0.327 e. The van der Waals surface area contributed by atoms with Crippen molar-refractivity contribution in [3.05, 3.63) is 48.0 Å². The average molecular weight is 337 g/mol. The van der Waals surface area contributed by atoms with E-state index in [2.05, 4.69) is 5.32 Å². The molecule has 0 radical (unpaired) electrons. The Labute approximate surface area is 132 Å². The van der Waals surface area contributed by atoms with E-state index in [9.17, 15) is 18.0 Å². The maximum Gasteiger partial charge on any atom is 0.327 e. The largest absolute Gasteiger partial charge is 0.480 e. The normalized spacial score (nSPS) is 12.7. The molecule has 0 spiro atoms. The van der Waals surface area contributed by atoms with E-state index in [1.54, 1.807) is 12.1 Å². The summed E-state index contributed by atoms with van der Waals surface area (Å²) in [7, 11) is -4.51. The zero-order chi connectivity index (χ0) is 17.0. The van der Waals surface area contributed by atoms with Crippen molar-refractivity contribution in [2.75, 3.05) is 5.75 Å². The summed E-state index contributed by atoms with van der Waals surface area (Å²) < 4.78 is 30.3. The van der Waals surface area contributed by atoms with Gasteiger partial charge in [0.15, 0.2) is 0 Å². The number of rotatable bonds is 6. The molecule has 0 aromatic heterocycles. The van der Waals surface area contributed by atoms with Crippen LogP contribution in [0.15, 0.2) is 42.5 Å². The van der Waals surface area contributed by atoms with Gasteiger partial charge in [0.25, 0.3) is 10.1 Å². The molecule has 0 fully saturated rings. The van der Waals surface area contributed by atoms with Crippen LogP contribution in [0.4, 0.5) is 0 Å². The maximum atomic E-state index is 11.9. The molecule has 1 amide bonds. The van der Waals surface area contributed by atoms with Gasteiger partial charge in [-0.3, -0.25) is 9.35 Å². The van der Waals surface area contributed by atoms with Crippen LogP contribution in [0.1, 0.15) is 5.56 Å². The molecule has 2 aromatic carbocycles. The zero-order valence-electron chi connectivity index (χ0n) is 12.0. The van der Waals surface area contributed by atoms with Crippen molar-refractivity contribution in [1.29, 1.82) is 0 Å². The molecule has 0 aliphatic rings. The molecule has 7 nitrogen and oxygen atoms in total. The number of carboxylic acids is 1. The minimum atomic E-state index is -4.51. The van der Waals surface area contributed by atoms with E-state index in [4.69, 9.17) is 9.66 Å². The molecule has 0 bridgehead atoms. The van der Waals surface area contributed by atoms with E-state index in [1.165, 1.54) is 0 Å². The van der Waals surface area contributed by atoms with Crippen molar-refractivity contribution in [2.45, 2.75) is 12.5 Å². The Morgan fingerprint density at radius 1 is 1.09 bits per heavy atom. The lowest BCUT2D eigenvalue weighted by atomic mass is 10.0. The molecule has 0 saturated carbocycles. The van der Waals surface area contributed by atoms with E-state index in [-0.39, 0.29) is 6.42 Å². The summed E-state index contributed by atoms with van der Waals surface area (Å²) in [5.41, 5.74) is 0.664. The van der Waals surface area contributed by atoms with Crippen LogP contribution in [-0.4, -0.2) is 41.7 Å². The molecule has 2 rings (SSSR count).